The van der Waals surface area contributed by atoms with E-state index in [1.807, 2.05) is 0 Å². The van der Waals surface area contributed by atoms with Crippen LogP contribution in [0, 0.1) is 0 Å². The largest absolute Gasteiger partial charge is 0.507 e. The number of carbonyl (C=O) groups excluding carboxylic acids is 3. The number of carbonyl (C=O) groups is 3. The van der Waals surface area contributed by atoms with Gasteiger partial charge in [-0.25, -0.2) is 4.79 Å². The van der Waals surface area contributed by atoms with Gasteiger partial charge >= 0.3 is 5.97 Å². The van der Waals surface area contributed by atoms with Crippen LogP contribution >= 0.6 is 0 Å². The van der Waals surface area contributed by atoms with Gasteiger partial charge in [0.25, 0.3) is 0 Å². The summed E-state index contributed by atoms with van der Waals surface area (Å²) in [6.45, 7) is 12.0. The monoisotopic (exact) mass is 505 g/mol. The summed E-state index contributed by atoms with van der Waals surface area (Å²) in [5.41, 5.74) is 0.910. The summed E-state index contributed by atoms with van der Waals surface area (Å²) in [7, 11) is 0. The van der Waals surface area contributed by atoms with E-state index < -0.39 is 11.8 Å². The fraction of sp³-hybridized carbons (Fsp3) is 0.276. The average Bonchev–Trinajstić information content (AvgIpc) is 2.91. The Bertz CT molecular complexity index is 1210. The Balaban J connectivity index is 1.79. The molecule has 194 valence electrons. The zero-order chi connectivity index (χ0) is 26.8. The number of ether oxygens (including phenoxy) is 3. The second-order valence-corrected chi connectivity index (χ2v) is 8.30. The number of hydrogen-bond acceptors (Lipinski definition) is 8. The van der Waals surface area contributed by atoms with Crippen LogP contribution in [-0.4, -0.2) is 49.0 Å². The molecule has 0 atom stereocenters. The third kappa shape index (κ3) is 6.67. The normalized spacial score (nSPS) is 11.7. The first-order valence-corrected chi connectivity index (χ1v) is 12.1. The number of phenols is 1. The number of phenolic OH excluding ortho intramolecular Hbond substituents is 1. The van der Waals surface area contributed by atoms with Crippen molar-refractivity contribution in [2.45, 2.75) is 25.7 Å². The molecule has 0 aliphatic heterocycles. The number of ketones is 2. The number of esters is 1. The zero-order valence-corrected chi connectivity index (χ0v) is 20.7. The van der Waals surface area contributed by atoms with E-state index in [9.17, 15) is 19.5 Å². The van der Waals surface area contributed by atoms with Crippen molar-refractivity contribution in [3.63, 3.8) is 0 Å². The fourth-order valence-electron chi connectivity index (χ4n) is 3.86. The molecule has 0 aromatic heterocycles. The van der Waals surface area contributed by atoms with Crippen LogP contribution in [-0.2, 0) is 14.3 Å². The van der Waals surface area contributed by atoms with Gasteiger partial charge in [-0.15, -0.1) is 0 Å². The average molecular weight is 506 g/mol. The molecule has 1 aliphatic rings. The second-order valence-electron chi connectivity index (χ2n) is 8.30. The molecule has 0 spiro atoms. The summed E-state index contributed by atoms with van der Waals surface area (Å²) in [6, 6.07) is 7.90. The Morgan fingerprint density at radius 2 is 1.51 bits per heavy atom. The maximum atomic E-state index is 13.5. The lowest BCUT2D eigenvalue weighted by molar-refractivity contribution is -0.137. The molecular weight excluding hydrogens is 474 g/mol. The van der Waals surface area contributed by atoms with Gasteiger partial charge in [-0.2, -0.15) is 0 Å². The van der Waals surface area contributed by atoms with Gasteiger partial charge < -0.3 is 24.6 Å². The summed E-state index contributed by atoms with van der Waals surface area (Å²) < 4.78 is 16.3. The van der Waals surface area contributed by atoms with E-state index in [1.165, 1.54) is 12.1 Å². The van der Waals surface area contributed by atoms with E-state index in [1.54, 1.807) is 24.3 Å². The van der Waals surface area contributed by atoms with E-state index in [0.717, 1.165) is 6.08 Å². The molecule has 2 N–H and O–H groups in total. The molecule has 0 fully saturated rings. The van der Waals surface area contributed by atoms with E-state index >= 15 is 0 Å². The molecule has 0 saturated carbocycles. The third-order valence-corrected chi connectivity index (χ3v) is 5.74. The predicted octanol–water partition coefficient (Wildman–Crippen LogP) is 4.96. The van der Waals surface area contributed by atoms with Crippen LogP contribution in [0.2, 0.25) is 0 Å². The number of hydrogen-bond donors (Lipinski definition) is 2. The minimum atomic E-state index is -0.488. The molecular formula is C29H31NO7. The lowest BCUT2D eigenvalue weighted by atomic mass is 9.82. The number of anilines is 1. The Labute approximate surface area is 216 Å². The highest BCUT2D eigenvalue weighted by atomic mass is 16.5. The van der Waals surface area contributed by atoms with Crippen LogP contribution in [0.5, 0.6) is 11.5 Å². The van der Waals surface area contributed by atoms with Crippen molar-refractivity contribution in [1.29, 1.82) is 0 Å². The maximum Gasteiger partial charge on any atom is 0.330 e. The van der Waals surface area contributed by atoms with Crippen molar-refractivity contribution in [2.75, 3.05) is 31.7 Å². The molecule has 0 amide bonds. The van der Waals surface area contributed by atoms with Crippen molar-refractivity contribution >= 4 is 23.2 Å². The molecule has 0 bridgehead atoms. The molecule has 8 heteroatoms. The summed E-state index contributed by atoms with van der Waals surface area (Å²) in [4.78, 5) is 37.9. The van der Waals surface area contributed by atoms with Crippen LogP contribution in [0.15, 0.2) is 68.0 Å². The number of unbranched alkanes of at least 4 members (excludes halogenated alkanes) is 2. The molecule has 3 rings (SSSR count). The minimum absolute atomic E-state index is 0.0465. The van der Waals surface area contributed by atoms with Crippen LogP contribution in [0.4, 0.5) is 5.69 Å². The molecule has 0 saturated heterocycles. The minimum Gasteiger partial charge on any atom is -0.507 e. The Hall–Kier alpha value is -4.33. The highest BCUT2D eigenvalue weighted by molar-refractivity contribution is 6.31. The predicted molar refractivity (Wildman–Crippen MR) is 140 cm³/mol. The van der Waals surface area contributed by atoms with Gasteiger partial charge in [-0.05, 0) is 31.8 Å². The quantitative estimate of drug-likeness (QED) is 0.0744. The number of nitrogens with one attached hydrogen (secondary N) is 1. The molecule has 0 radical (unpaired) electrons. The summed E-state index contributed by atoms with van der Waals surface area (Å²) in [5, 5.41) is 14.0. The Morgan fingerprint density at radius 1 is 0.892 bits per heavy atom. The first kappa shape index (κ1) is 27.3. The molecule has 8 nitrogen and oxygen atoms in total. The highest BCUT2D eigenvalue weighted by Crippen LogP contribution is 2.42. The molecule has 2 aromatic rings. The summed E-state index contributed by atoms with van der Waals surface area (Å²) in [6.07, 6.45) is 5.17. The van der Waals surface area contributed by atoms with Gasteiger partial charge in [-0.1, -0.05) is 44.0 Å². The van der Waals surface area contributed by atoms with Crippen molar-refractivity contribution in [3.8, 4) is 11.5 Å². The molecule has 1 aliphatic carbocycles. The number of allylic oxidation sites excluding steroid dienone is 1. The van der Waals surface area contributed by atoms with Gasteiger partial charge in [0, 0.05) is 29.8 Å². The SMILES string of the molecule is C=CC(=C)OCCCCOc1cc(O)c2c(c1NCCCCOC(=O)C=C)C(=O)c1ccccc1C2=O. The summed E-state index contributed by atoms with van der Waals surface area (Å²) >= 11 is 0. The summed E-state index contributed by atoms with van der Waals surface area (Å²) in [5.74, 6) is -0.831. The van der Waals surface area contributed by atoms with E-state index in [2.05, 4.69) is 25.1 Å². The zero-order valence-electron chi connectivity index (χ0n) is 20.7. The number of benzene rings is 2. The van der Waals surface area contributed by atoms with Crippen LogP contribution in [0.25, 0.3) is 0 Å². The third-order valence-electron chi connectivity index (χ3n) is 5.74. The highest BCUT2D eigenvalue weighted by Gasteiger charge is 2.35. The Morgan fingerprint density at radius 3 is 2.19 bits per heavy atom. The van der Waals surface area contributed by atoms with Gasteiger partial charge in [0.05, 0.1) is 36.6 Å². The lowest BCUT2D eigenvalue weighted by Crippen LogP contribution is -2.23. The topological polar surface area (TPSA) is 111 Å². The van der Waals surface area contributed by atoms with Crippen molar-refractivity contribution in [3.05, 3.63) is 90.2 Å². The smallest absolute Gasteiger partial charge is 0.330 e. The van der Waals surface area contributed by atoms with Crippen LogP contribution in [0.1, 0.15) is 57.5 Å². The van der Waals surface area contributed by atoms with Crippen LogP contribution in [0.3, 0.4) is 0 Å². The number of fused-ring (bicyclic) bond motifs is 2. The Kier molecular flexibility index (Phi) is 9.66. The van der Waals surface area contributed by atoms with Crippen LogP contribution < -0.4 is 10.1 Å². The standard InChI is InChI=1S/C29H31NO7/c1-4-19(3)35-15-10-11-16-36-23-18-22(31)25-26(27(23)30-14-8-9-17-37-24(32)5-2)29(34)21-13-7-6-12-20(21)28(25)33/h4-7,12-13,18,30-31H,1-3,8-11,14-17H2. The molecule has 0 unspecified atom stereocenters. The van der Waals surface area contributed by atoms with Gasteiger partial charge in [-0.3, -0.25) is 9.59 Å². The van der Waals surface area contributed by atoms with Gasteiger partial charge in [0.1, 0.15) is 17.3 Å². The van der Waals surface area contributed by atoms with E-state index in [0.29, 0.717) is 56.9 Å². The van der Waals surface area contributed by atoms with E-state index in [-0.39, 0.29) is 46.1 Å². The van der Waals surface area contributed by atoms with Crippen molar-refractivity contribution in [2.24, 2.45) is 0 Å². The van der Waals surface area contributed by atoms with Gasteiger partial charge in [0.15, 0.2) is 11.6 Å². The van der Waals surface area contributed by atoms with Gasteiger partial charge in [0.2, 0.25) is 0 Å². The molecule has 2 aromatic carbocycles. The van der Waals surface area contributed by atoms with E-state index in [4.69, 9.17) is 14.2 Å². The van der Waals surface area contributed by atoms with Crippen molar-refractivity contribution < 1.29 is 33.7 Å². The first-order valence-electron chi connectivity index (χ1n) is 12.1. The molecule has 37 heavy (non-hydrogen) atoms. The fourth-order valence-corrected chi connectivity index (χ4v) is 3.86. The molecule has 0 heterocycles. The van der Waals surface area contributed by atoms with Crippen molar-refractivity contribution in [1.82, 2.24) is 0 Å². The number of aromatic hydroxyl groups is 1. The maximum absolute atomic E-state index is 13.5. The number of rotatable bonds is 15. The second kappa shape index (κ2) is 13.1. The lowest BCUT2D eigenvalue weighted by Gasteiger charge is -2.24. The first-order chi connectivity index (χ1) is 17.9.